The predicted molar refractivity (Wildman–Crippen MR) is 67.8 cm³/mol. The normalized spacial score (nSPS) is 30.4. The minimum absolute atomic E-state index is 0.175. The van der Waals surface area contributed by atoms with Gasteiger partial charge >= 0.3 is 0 Å². The van der Waals surface area contributed by atoms with Crippen LogP contribution in [0.15, 0.2) is 0 Å². The van der Waals surface area contributed by atoms with E-state index in [1.165, 1.54) is 32.1 Å². The summed E-state index contributed by atoms with van der Waals surface area (Å²) in [5.74, 6) is 0. The lowest BCUT2D eigenvalue weighted by atomic mass is 9.73. The summed E-state index contributed by atoms with van der Waals surface area (Å²) >= 11 is 0. The van der Waals surface area contributed by atoms with Crippen LogP contribution < -0.4 is 5.73 Å². The molecule has 0 amide bonds. The van der Waals surface area contributed by atoms with Crippen LogP contribution in [0.4, 0.5) is 0 Å². The van der Waals surface area contributed by atoms with E-state index < -0.39 is 0 Å². The maximum atomic E-state index is 9.39. The zero-order valence-corrected chi connectivity index (χ0v) is 10.7. The second-order valence-corrected chi connectivity index (χ2v) is 5.65. The molecule has 1 unspecified atom stereocenters. The molecule has 0 aromatic carbocycles. The molecule has 4 nitrogen and oxygen atoms in total. The number of nitrogens with two attached hydrogens (primary N) is 1. The van der Waals surface area contributed by atoms with E-state index >= 15 is 0 Å². The second kappa shape index (κ2) is 6.14. The van der Waals surface area contributed by atoms with Crippen molar-refractivity contribution in [2.75, 3.05) is 39.5 Å². The third kappa shape index (κ3) is 3.19. The van der Waals surface area contributed by atoms with Crippen LogP contribution in [0.25, 0.3) is 0 Å². The van der Waals surface area contributed by atoms with Gasteiger partial charge in [-0.2, -0.15) is 0 Å². The van der Waals surface area contributed by atoms with Crippen molar-refractivity contribution in [1.29, 1.82) is 0 Å². The third-order valence-electron chi connectivity index (χ3n) is 4.45. The summed E-state index contributed by atoms with van der Waals surface area (Å²) in [7, 11) is 0. The van der Waals surface area contributed by atoms with Crippen molar-refractivity contribution in [2.24, 2.45) is 11.1 Å². The van der Waals surface area contributed by atoms with Crippen molar-refractivity contribution in [3.8, 4) is 0 Å². The average molecular weight is 242 g/mol. The molecule has 1 aliphatic carbocycles. The number of morpholine rings is 1. The van der Waals surface area contributed by atoms with Crippen molar-refractivity contribution >= 4 is 0 Å². The smallest absolute Gasteiger partial charge is 0.0644 e. The fourth-order valence-corrected chi connectivity index (χ4v) is 3.22. The Morgan fingerprint density at radius 1 is 1.29 bits per heavy atom. The number of aliphatic hydroxyl groups is 1. The number of hydrogen-bond acceptors (Lipinski definition) is 4. The van der Waals surface area contributed by atoms with Gasteiger partial charge in [-0.1, -0.05) is 19.3 Å². The summed E-state index contributed by atoms with van der Waals surface area (Å²) in [6.45, 7) is 4.41. The lowest BCUT2D eigenvalue weighted by Gasteiger charge is -2.44. The van der Waals surface area contributed by atoms with Crippen molar-refractivity contribution in [3.05, 3.63) is 0 Å². The second-order valence-electron chi connectivity index (χ2n) is 5.65. The summed E-state index contributed by atoms with van der Waals surface area (Å²) in [5.41, 5.74) is 6.32. The van der Waals surface area contributed by atoms with Crippen LogP contribution in [-0.4, -0.2) is 55.5 Å². The molecule has 2 fully saturated rings. The molecule has 1 aliphatic heterocycles. The molecular weight excluding hydrogens is 216 g/mol. The molecule has 2 aliphatic rings. The molecular formula is C13H26N2O2. The highest BCUT2D eigenvalue weighted by Crippen LogP contribution is 2.36. The molecule has 1 heterocycles. The first-order valence-electron chi connectivity index (χ1n) is 6.92. The number of aliphatic hydroxyl groups excluding tert-OH is 1. The van der Waals surface area contributed by atoms with Crippen molar-refractivity contribution in [2.45, 2.75) is 38.1 Å². The van der Waals surface area contributed by atoms with Gasteiger partial charge in [-0.3, -0.25) is 4.90 Å². The quantitative estimate of drug-likeness (QED) is 0.757. The van der Waals surface area contributed by atoms with Gasteiger partial charge in [0.25, 0.3) is 0 Å². The van der Waals surface area contributed by atoms with Crippen molar-refractivity contribution in [3.63, 3.8) is 0 Å². The van der Waals surface area contributed by atoms with Gasteiger partial charge in [0.05, 0.1) is 25.9 Å². The van der Waals surface area contributed by atoms with E-state index in [4.69, 9.17) is 10.5 Å². The Balaban J connectivity index is 1.96. The first-order valence-corrected chi connectivity index (χ1v) is 6.92. The molecule has 0 spiro atoms. The molecule has 0 radical (unpaired) electrons. The van der Waals surface area contributed by atoms with Gasteiger partial charge < -0.3 is 15.6 Å². The molecule has 1 atom stereocenters. The maximum absolute atomic E-state index is 9.39. The van der Waals surface area contributed by atoms with E-state index in [0.717, 1.165) is 26.2 Å². The highest BCUT2D eigenvalue weighted by atomic mass is 16.5. The maximum Gasteiger partial charge on any atom is 0.0644 e. The van der Waals surface area contributed by atoms with E-state index in [-0.39, 0.29) is 12.6 Å². The van der Waals surface area contributed by atoms with E-state index in [0.29, 0.717) is 12.0 Å². The average Bonchev–Trinajstić information content (AvgIpc) is 2.40. The van der Waals surface area contributed by atoms with Gasteiger partial charge in [0.2, 0.25) is 0 Å². The van der Waals surface area contributed by atoms with Gasteiger partial charge in [-0.25, -0.2) is 0 Å². The van der Waals surface area contributed by atoms with Crippen molar-refractivity contribution < 1.29 is 9.84 Å². The van der Waals surface area contributed by atoms with E-state index in [2.05, 4.69) is 4.90 Å². The standard InChI is InChI=1S/C13H26N2O2/c14-10-13(4-2-1-3-5-13)11-15-6-7-17-9-12(15)8-16/h12,16H,1-11,14H2. The zero-order valence-electron chi connectivity index (χ0n) is 10.7. The third-order valence-corrected chi connectivity index (χ3v) is 4.45. The Morgan fingerprint density at radius 2 is 2.06 bits per heavy atom. The van der Waals surface area contributed by atoms with Crippen LogP contribution in [0, 0.1) is 5.41 Å². The van der Waals surface area contributed by atoms with Crippen LogP contribution in [-0.2, 0) is 4.74 Å². The molecule has 17 heavy (non-hydrogen) atoms. The number of nitrogens with zero attached hydrogens (tertiary/aromatic N) is 1. The SMILES string of the molecule is NCC1(CN2CCOCC2CO)CCCCC1. The Kier molecular flexibility index (Phi) is 4.79. The minimum Gasteiger partial charge on any atom is -0.395 e. The van der Waals surface area contributed by atoms with E-state index in [9.17, 15) is 5.11 Å². The lowest BCUT2D eigenvalue weighted by Crippen LogP contribution is -2.53. The molecule has 1 saturated carbocycles. The molecule has 4 heteroatoms. The van der Waals surface area contributed by atoms with Gasteiger partial charge in [-0.15, -0.1) is 0 Å². The summed E-state index contributed by atoms with van der Waals surface area (Å²) in [6, 6.07) is 0.175. The summed E-state index contributed by atoms with van der Waals surface area (Å²) in [4.78, 5) is 2.39. The lowest BCUT2D eigenvalue weighted by molar-refractivity contribution is -0.0484. The van der Waals surface area contributed by atoms with E-state index in [1.807, 2.05) is 0 Å². The first-order chi connectivity index (χ1) is 8.29. The fourth-order valence-electron chi connectivity index (χ4n) is 3.22. The highest BCUT2D eigenvalue weighted by molar-refractivity contribution is 4.89. The molecule has 100 valence electrons. The highest BCUT2D eigenvalue weighted by Gasteiger charge is 2.35. The molecule has 3 N–H and O–H groups in total. The Labute approximate surface area is 104 Å². The van der Waals surface area contributed by atoms with Crippen LogP contribution in [0.1, 0.15) is 32.1 Å². The molecule has 0 aromatic rings. The monoisotopic (exact) mass is 242 g/mol. The van der Waals surface area contributed by atoms with Gasteiger partial charge in [-0.05, 0) is 24.8 Å². The fraction of sp³-hybridized carbons (Fsp3) is 1.00. The first kappa shape index (κ1) is 13.3. The van der Waals surface area contributed by atoms with Crippen LogP contribution >= 0.6 is 0 Å². The minimum atomic E-state index is 0.175. The molecule has 0 aromatic heterocycles. The van der Waals surface area contributed by atoms with Crippen LogP contribution in [0.2, 0.25) is 0 Å². The van der Waals surface area contributed by atoms with Gasteiger partial charge in [0.1, 0.15) is 0 Å². The zero-order chi connectivity index (χ0) is 12.1. The Hall–Kier alpha value is -0.160. The van der Waals surface area contributed by atoms with Gasteiger partial charge in [0, 0.05) is 13.1 Å². The Bertz CT molecular complexity index is 229. The molecule has 1 saturated heterocycles. The number of rotatable bonds is 4. The Morgan fingerprint density at radius 3 is 2.71 bits per heavy atom. The van der Waals surface area contributed by atoms with Gasteiger partial charge in [0.15, 0.2) is 0 Å². The number of ether oxygens (including phenoxy) is 1. The topological polar surface area (TPSA) is 58.7 Å². The predicted octanol–water partition coefficient (Wildman–Crippen LogP) is 0.589. The summed E-state index contributed by atoms with van der Waals surface area (Å²) in [6.07, 6.45) is 6.48. The van der Waals surface area contributed by atoms with Crippen molar-refractivity contribution in [1.82, 2.24) is 4.90 Å². The largest absolute Gasteiger partial charge is 0.395 e. The summed E-state index contributed by atoms with van der Waals surface area (Å²) < 4.78 is 5.43. The molecule has 2 rings (SSSR count). The number of hydrogen-bond donors (Lipinski definition) is 2. The van der Waals surface area contributed by atoms with Crippen LogP contribution in [0.5, 0.6) is 0 Å². The molecule has 0 bridgehead atoms. The van der Waals surface area contributed by atoms with E-state index in [1.54, 1.807) is 0 Å². The van der Waals surface area contributed by atoms with Crippen LogP contribution in [0.3, 0.4) is 0 Å². The summed E-state index contributed by atoms with van der Waals surface area (Å²) in [5, 5.41) is 9.39.